The summed E-state index contributed by atoms with van der Waals surface area (Å²) in [7, 11) is 4.30. The van der Waals surface area contributed by atoms with Gasteiger partial charge in [0, 0.05) is 11.0 Å². The summed E-state index contributed by atoms with van der Waals surface area (Å²) in [5.41, 5.74) is 3.13. The Morgan fingerprint density at radius 1 is 1.00 bits per heavy atom. The Morgan fingerprint density at radius 3 is 1.97 bits per heavy atom. The number of nitrogens with one attached hydrogen (secondary N) is 3. The third-order valence-electron chi connectivity index (χ3n) is 4.90. The van der Waals surface area contributed by atoms with E-state index in [-0.39, 0.29) is 12.2 Å². The van der Waals surface area contributed by atoms with Crippen molar-refractivity contribution in [3.05, 3.63) is 17.7 Å². The normalized spacial score (nSPS) is 18.8. The predicted octanol–water partition coefficient (Wildman–Crippen LogP) is 1.39. The van der Waals surface area contributed by atoms with Crippen LogP contribution in [-0.4, -0.2) is 51.4 Å². The van der Waals surface area contributed by atoms with Crippen molar-refractivity contribution in [3.8, 4) is 17.2 Å². The van der Waals surface area contributed by atoms with Crippen LogP contribution in [-0.2, 0) is 9.53 Å². The first-order valence-corrected chi connectivity index (χ1v) is 9.01. The smallest absolute Gasteiger partial charge is 0.334 e. The van der Waals surface area contributed by atoms with E-state index in [4.69, 9.17) is 18.9 Å². The van der Waals surface area contributed by atoms with Crippen LogP contribution < -0.4 is 30.4 Å². The lowest BCUT2D eigenvalue weighted by Gasteiger charge is -2.21. The molecule has 1 aromatic rings. The molecule has 10 heteroatoms. The number of rotatable bonds is 7. The Bertz CT molecular complexity index is 784. The van der Waals surface area contributed by atoms with E-state index >= 15 is 0 Å². The number of carbonyl (C=O) groups excluding carboxylic acids is 3. The van der Waals surface area contributed by atoms with Crippen molar-refractivity contribution >= 4 is 17.9 Å². The van der Waals surface area contributed by atoms with Crippen LogP contribution in [0.3, 0.4) is 0 Å². The fourth-order valence-corrected chi connectivity index (χ4v) is 3.11. The van der Waals surface area contributed by atoms with Crippen molar-refractivity contribution in [2.24, 2.45) is 5.41 Å². The summed E-state index contributed by atoms with van der Waals surface area (Å²) in [6.45, 7) is 5.59. The zero-order valence-electron chi connectivity index (χ0n) is 17.4. The lowest BCUT2D eigenvalue weighted by molar-refractivity contribution is -0.147. The topological polar surface area (TPSA) is 124 Å². The molecule has 1 aliphatic carbocycles. The van der Waals surface area contributed by atoms with Crippen molar-refractivity contribution in [3.63, 3.8) is 0 Å². The maximum atomic E-state index is 12.4. The summed E-state index contributed by atoms with van der Waals surface area (Å²) in [4.78, 5) is 36.9. The average Bonchev–Trinajstić information content (AvgIpc) is 3.26. The number of benzene rings is 1. The molecule has 2 rings (SSSR count). The first-order valence-electron chi connectivity index (χ1n) is 9.01. The van der Waals surface area contributed by atoms with E-state index < -0.39 is 28.9 Å². The quantitative estimate of drug-likeness (QED) is 0.459. The van der Waals surface area contributed by atoms with E-state index in [0.29, 0.717) is 23.7 Å². The molecule has 1 atom stereocenters. The van der Waals surface area contributed by atoms with Gasteiger partial charge in [-0.2, -0.15) is 0 Å². The Balaban J connectivity index is 2.05. The molecular weight excluding hydrogens is 382 g/mol. The molecule has 0 bridgehead atoms. The van der Waals surface area contributed by atoms with Gasteiger partial charge in [0.15, 0.2) is 11.5 Å². The summed E-state index contributed by atoms with van der Waals surface area (Å²) in [5, 5.41) is 2.60. The van der Waals surface area contributed by atoms with Crippen molar-refractivity contribution in [2.75, 3.05) is 27.9 Å². The summed E-state index contributed by atoms with van der Waals surface area (Å²) >= 11 is 0. The maximum absolute atomic E-state index is 12.4. The first-order chi connectivity index (χ1) is 13.7. The minimum absolute atomic E-state index is 0.173. The third kappa shape index (κ3) is 4.30. The van der Waals surface area contributed by atoms with Crippen molar-refractivity contribution in [1.29, 1.82) is 0 Å². The van der Waals surface area contributed by atoms with Gasteiger partial charge >= 0.3 is 12.0 Å². The van der Waals surface area contributed by atoms with Gasteiger partial charge in [-0.15, -0.1) is 0 Å². The maximum Gasteiger partial charge on any atom is 0.334 e. The minimum Gasteiger partial charge on any atom is -0.493 e. The lowest BCUT2D eigenvalue weighted by Crippen LogP contribution is -2.55. The zero-order valence-corrected chi connectivity index (χ0v) is 17.4. The van der Waals surface area contributed by atoms with Crippen LogP contribution in [0.5, 0.6) is 17.2 Å². The second-order valence-electron chi connectivity index (χ2n) is 7.13. The Labute approximate surface area is 169 Å². The molecule has 0 aromatic heterocycles. The standard InChI is InChI=1S/C19H27N3O7/c1-7-29-16(24)19(10-18(19,2)3)20-17(25)22-21-15(23)11-8-12(26-4)14(28-6)13(9-11)27-5/h8-9H,7,10H2,1-6H3,(H,21,23)(H2,20,22,25). The minimum atomic E-state index is -1.12. The number of hydrogen-bond donors (Lipinski definition) is 3. The number of hydrogen-bond acceptors (Lipinski definition) is 7. The van der Waals surface area contributed by atoms with E-state index in [0.717, 1.165) is 0 Å². The summed E-state index contributed by atoms with van der Waals surface area (Å²) in [5.74, 6) is -0.190. The van der Waals surface area contributed by atoms with Crippen molar-refractivity contribution in [2.45, 2.75) is 32.7 Å². The SMILES string of the molecule is CCOC(=O)C1(NC(=O)NNC(=O)c2cc(OC)c(OC)c(OC)c2)CC1(C)C. The average molecular weight is 409 g/mol. The zero-order chi connectivity index (χ0) is 21.8. The number of esters is 1. The van der Waals surface area contributed by atoms with Gasteiger partial charge in [0.25, 0.3) is 5.91 Å². The summed E-state index contributed by atoms with van der Waals surface area (Å²) < 4.78 is 20.7. The van der Waals surface area contributed by atoms with Crippen LogP contribution in [0.2, 0.25) is 0 Å². The molecule has 1 fully saturated rings. The van der Waals surface area contributed by atoms with Gasteiger partial charge in [-0.3, -0.25) is 10.2 Å². The van der Waals surface area contributed by atoms with Crippen molar-refractivity contribution in [1.82, 2.24) is 16.2 Å². The summed E-state index contributed by atoms with van der Waals surface area (Å²) in [6.07, 6.45) is 0.438. The number of hydrazine groups is 1. The van der Waals surface area contributed by atoms with Gasteiger partial charge in [0.2, 0.25) is 5.75 Å². The number of amides is 3. The highest BCUT2D eigenvalue weighted by atomic mass is 16.5. The molecule has 3 N–H and O–H groups in total. The molecular formula is C19H27N3O7. The van der Waals surface area contributed by atoms with Crippen LogP contribution in [0, 0.1) is 5.41 Å². The highest BCUT2D eigenvalue weighted by Crippen LogP contribution is 2.56. The molecule has 1 saturated carbocycles. The van der Waals surface area contributed by atoms with Gasteiger partial charge in [0.05, 0.1) is 27.9 Å². The molecule has 3 amide bonds. The van der Waals surface area contributed by atoms with Crippen LogP contribution in [0.1, 0.15) is 37.6 Å². The monoisotopic (exact) mass is 409 g/mol. The third-order valence-corrected chi connectivity index (χ3v) is 4.90. The Hall–Kier alpha value is -3.17. The first kappa shape index (κ1) is 22.1. The fourth-order valence-electron chi connectivity index (χ4n) is 3.11. The number of carbonyl (C=O) groups is 3. The van der Waals surface area contributed by atoms with Crippen LogP contribution >= 0.6 is 0 Å². The van der Waals surface area contributed by atoms with Crippen LogP contribution in [0.4, 0.5) is 4.79 Å². The Kier molecular flexibility index (Phi) is 6.45. The van der Waals surface area contributed by atoms with E-state index in [1.807, 2.05) is 13.8 Å². The molecule has 160 valence electrons. The molecule has 0 aliphatic heterocycles. The summed E-state index contributed by atoms with van der Waals surface area (Å²) in [6, 6.07) is 2.16. The van der Waals surface area contributed by atoms with E-state index in [1.54, 1.807) is 6.92 Å². The largest absolute Gasteiger partial charge is 0.493 e. The molecule has 1 unspecified atom stereocenters. The van der Waals surface area contributed by atoms with E-state index in [2.05, 4.69) is 16.2 Å². The van der Waals surface area contributed by atoms with E-state index in [1.165, 1.54) is 33.5 Å². The molecule has 0 spiro atoms. The highest BCUT2D eigenvalue weighted by molar-refractivity contribution is 5.97. The van der Waals surface area contributed by atoms with E-state index in [9.17, 15) is 14.4 Å². The van der Waals surface area contributed by atoms with Gasteiger partial charge in [-0.25, -0.2) is 15.0 Å². The van der Waals surface area contributed by atoms with Gasteiger partial charge < -0.3 is 24.3 Å². The molecule has 29 heavy (non-hydrogen) atoms. The molecule has 0 heterocycles. The number of ether oxygens (including phenoxy) is 4. The molecule has 0 saturated heterocycles. The predicted molar refractivity (Wildman–Crippen MR) is 103 cm³/mol. The highest BCUT2D eigenvalue weighted by Gasteiger charge is 2.68. The molecule has 0 radical (unpaired) electrons. The molecule has 1 aromatic carbocycles. The fraction of sp³-hybridized carbons (Fsp3) is 0.526. The van der Waals surface area contributed by atoms with Gasteiger partial charge in [0.1, 0.15) is 5.54 Å². The van der Waals surface area contributed by atoms with Gasteiger partial charge in [-0.05, 0) is 25.5 Å². The van der Waals surface area contributed by atoms with Crippen molar-refractivity contribution < 1.29 is 33.3 Å². The Morgan fingerprint density at radius 2 is 1.55 bits per heavy atom. The second kappa shape index (κ2) is 8.46. The second-order valence-corrected chi connectivity index (χ2v) is 7.13. The lowest BCUT2D eigenvalue weighted by atomic mass is 10.1. The van der Waals surface area contributed by atoms with Gasteiger partial charge in [-0.1, -0.05) is 13.8 Å². The molecule has 1 aliphatic rings. The van der Waals surface area contributed by atoms with Crippen LogP contribution in [0.15, 0.2) is 12.1 Å². The molecule has 10 nitrogen and oxygen atoms in total. The van der Waals surface area contributed by atoms with Crippen LogP contribution in [0.25, 0.3) is 0 Å². The number of methoxy groups -OCH3 is 3. The number of urea groups is 1.